The third-order valence-corrected chi connectivity index (χ3v) is 4.36. The topological polar surface area (TPSA) is 95.5 Å². The lowest BCUT2D eigenvalue weighted by Crippen LogP contribution is -1.99. The van der Waals surface area contributed by atoms with E-state index in [0.29, 0.717) is 23.3 Å². The highest BCUT2D eigenvalue weighted by Crippen LogP contribution is 2.19. The van der Waals surface area contributed by atoms with Crippen LogP contribution < -0.4 is 4.74 Å². The van der Waals surface area contributed by atoms with Gasteiger partial charge in [-0.15, -0.1) is 5.10 Å². The summed E-state index contributed by atoms with van der Waals surface area (Å²) in [6.45, 7) is 4.43. The van der Waals surface area contributed by atoms with E-state index < -0.39 is 4.92 Å². The molecule has 9 heteroatoms. The zero-order valence-corrected chi connectivity index (χ0v) is 14.7. The number of ether oxygens (including phenoxy) is 1. The number of nitro groups is 1. The van der Waals surface area contributed by atoms with Crippen LogP contribution in [0.25, 0.3) is 5.78 Å². The molecule has 0 saturated carbocycles. The van der Waals surface area contributed by atoms with Gasteiger partial charge >= 0.3 is 0 Å². The molecule has 2 aromatic heterocycles. The van der Waals surface area contributed by atoms with Crippen LogP contribution in [0, 0.1) is 24.0 Å². The molecule has 0 atom stereocenters. The van der Waals surface area contributed by atoms with Gasteiger partial charge < -0.3 is 4.74 Å². The van der Waals surface area contributed by atoms with Gasteiger partial charge in [-0.05, 0) is 38.5 Å². The molecule has 0 fully saturated rings. The molecular formula is C16H17N5O3S. The third kappa shape index (κ3) is 4.24. The Morgan fingerprint density at radius 3 is 2.72 bits per heavy atom. The second kappa shape index (κ2) is 7.47. The number of rotatable bonds is 7. The van der Waals surface area contributed by atoms with E-state index >= 15 is 0 Å². The minimum atomic E-state index is -0.430. The van der Waals surface area contributed by atoms with Crippen molar-refractivity contribution in [3.05, 3.63) is 51.8 Å². The van der Waals surface area contributed by atoms with Crippen LogP contribution in [0.5, 0.6) is 5.75 Å². The maximum Gasteiger partial charge on any atom is 0.269 e. The smallest absolute Gasteiger partial charge is 0.269 e. The van der Waals surface area contributed by atoms with Crippen molar-refractivity contribution in [3.63, 3.8) is 0 Å². The van der Waals surface area contributed by atoms with E-state index in [0.717, 1.165) is 23.6 Å². The monoisotopic (exact) mass is 359 g/mol. The number of aromatic nitrogens is 4. The van der Waals surface area contributed by atoms with Gasteiger partial charge in [0.1, 0.15) is 5.75 Å². The molecule has 2 heterocycles. The highest BCUT2D eigenvalue weighted by Gasteiger charge is 2.08. The first kappa shape index (κ1) is 17.2. The van der Waals surface area contributed by atoms with Crippen LogP contribution in [-0.4, -0.2) is 36.9 Å². The molecule has 0 bridgehead atoms. The summed E-state index contributed by atoms with van der Waals surface area (Å²) in [5.41, 5.74) is 1.98. The number of nitro benzene ring substituents is 1. The van der Waals surface area contributed by atoms with Crippen molar-refractivity contribution in [2.24, 2.45) is 0 Å². The lowest BCUT2D eigenvalue weighted by molar-refractivity contribution is -0.384. The van der Waals surface area contributed by atoms with Gasteiger partial charge in [-0.1, -0.05) is 11.8 Å². The fourth-order valence-corrected chi connectivity index (χ4v) is 3.02. The fraction of sp³-hybridized carbons (Fsp3) is 0.312. The lowest BCUT2D eigenvalue weighted by atomic mass is 10.3. The molecule has 0 N–H and O–H groups in total. The number of thioether (sulfide) groups is 1. The third-order valence-electron chi connectivity index (χ3n) is 3.43. The van der Waals surface area contributed by atoms with Crippen LogP contribution >= 0.6 is 11.8 Å². The maximum atomic E-state index is 10.6. The molecule has 0 aliphatic rings. The Morgan fingerprint density at radius 1 is 1.24 bits per heavy atom. The minimum Gasteiger partial charge on any atom is -0.494 e. The number of benzene rings is 1. The summed E-state index contributed by atoms with van der Waals surface area (Å²) in [5, 5.41) is 15.7. The summed E-state index contributed by atoms with van der Waals surface area (Å²) in [4.78, 5) is 18.9. The Morgan fingerprint density at radius 2 is 2.00 bits per heavy atom. The molecule has 8 nitrogen and oxygen atoms in total. The molecule has 0 amide bonds. The van der Waals surface area contributed by atoms with Gasteiger partial charge in [0, 0.05) is 29.3 Å². The van der Waals surface area contributed by atoms with Crippen LogP contribution in [0.15, 0.2) is 35.5 Å². The average molecular weight is 359 g/mol. The van der Waals surface area contributed by atoms with Crippen molar-refractivity contribution in [2.45, 2.75) is 25.4 Å². The van der Waals surface area contributed by atoms with Gasteiger partial charge in [-0.3, -0.25) is 10.1 Å². The fourth-order valence-electron chi connectivity index (χ4n) is 2.29. The molecule has 130 valence electrons. The Bertz CT molecular complexity index is 895. The minimum absolute atomic E-state index is 0.0555. The van der Waals surface area contributed by atoms with Crippen LogP contribution in [0.4, 0.5) is 5.69 Å². The predicted octanol–water partition coefficient (Wildman–Crippen LogP) is 3.21. The Hall–Kier alpha value is -2.68. The van der Waals surface area contributed by atoms with Gasteiger partial charge in [0.2, 0.25) is 5.16 Å². The summed E-state index contributed by atoms with van der Waals surface area (Å²) < 4.78 is 7.32. The second-order valence-electron chi connectivity index (χ2n) is 5.45. The highest BCUT2D eigenvalue weighted by atomic mass is 32.2. The molecule has 0 unspecified atom stereocenters. The van der Waals surface area contributed by atoms with E-state index in [-0.39, 0.29) is 5.69 Å². The van der Waals surface area contributed by atoms with Gasteiger partial charge in [0.25, 0.3) is 11.5 Å². The molecule has 0 radical (unpaired) electrons. The second-order valence-corrected chi connectivity index (χ2v) is 6.51. The SMILES string of the molecule is Cc1cc(C)n2nc(SCCCOc3ccc([N+](=O)[O-])cc3)nc2n1. The summed E-state index contributed by atoms with van der Waals surface area (Å²) >= 11 is 1.55. The van der Waals surface area contributed by atoms with Crippen LogP contribution in [0.1, 0.15) is 17.8 Å². The number of fused-ring (bicyclic) bond motifs is 1. The summed E-state index contributed by atoms with van der Waals surface area (Å²) in [6.07, 6.45) is 0.808. The first-order valence-corrected chi connectivity index (χ1v) is 8.72. The Kier molecular flexibility index (Phi) is 5.13. The standard InChI is InChI=1S/C16H17N5O3S/c1-11-10-12(2)20-15(17-11)18-16(19-20)25-9-3-8-24-14-6-4-13(5-7-14)21(22)23/h4-7,10H,3,8-9H2,1-2H3. The van der Waals surface area contributed by atoms with Gasteiger partial charge in [-0.25, -0.2) is 9.50 Å². The predicted molar refractivity (Wildman–Crippen MR) is 94.2 cm³/mol. The van der Waals surface area contributed by atoms with Crippen LogP contribution in [0.2, 0.25) is 0 Å². The maximum absolute atomic E-state index is 10.6. The number of hydrogen-bond donors (Lipinski definition) is 0. The molecule has 0 saturated heterocycles. The van der Waals surface area contributed by atoms with Crippen molar-refractivity contribution >= 4 is 23.2 Å². The first-order valence-electron chi connectivity index (χ1n) is 7.74. The summed E-state index contributed by atoms with van der Waals surface area (Å²) in [7, 11) is 0. The van der Waals surface area contributed by atoms with Crippen LogP contribution in [-0.2, 0) is 0 Å². The van der Waals surface area contributed by atoms with Crippen molar-refractivity contribution in [3.8, 4) is 5.75 Å². The molecule has 0 aliphatic heterocycles. The number of aryl methyl sites for hydroxylation is 2. The van der Waals surface area contributed by atoms with Crippen molar-refractivity contribution in [1.82, 2.24) is 19.6 Å². The van der Waals surface area contributed by atoms with Crippen LogP contribution in [0.3, 0.4) is 0 Å². The average Bonchev–Trinajstić information content (AvgIpc) is 2.98. The van der Waals surface area contributed by atoms with Gasteiger partial charge in [0.15, 0.2) is 0 Å². The summed E-state index contributed by atoms with van der Waals surface area (Å²) in [6, 6.07) is 8.04. The molecule has 25 heavy (non-hydrogen) atoms. The normalized spacial score (nSPS) is 11.0. The molecule has 3 aromatic rings. The van der Waals surface area contributed by atoms with Gasteiger partial charge in [0.05, 0.1) is 11.5 Å². The molecular weight excluding hydrogens is 342 g/mol. The highest BCUT2D eigenvalue weighted by molar-refractivity contribution is 7.99. The largest absolute Gasteiger partial charge is 0.494 e. The van der Waals surface area contributed by atoms with E-state index in [1.165, 1.54) is 12.1 Å². The molecule has 0 spiro atoms. The zero-order valence-electron chi connectivity index (χ0n) is 13.9. The Labute approximate surface area is 148 Å². The van der Waals surface area contributed by atoms with E-state index in [1.54, 1.807) is 28.4 Å². The van der Waals surface area contributed by atoms with E-state index in [9.17, 15) is 10.1 Å². The number of nitrogens with zero attached hydrogens (tertiary/aromatic N) is 5. The van der Waals surface area contributed by atoms with E-state index in [2.05, 4.69) is 15.1 Å². The molecule has 3 rings (SSSR count). The van der Waals surface area contributed by atoms with Crippen molar-refractivity contribution < 1.29 is 9.66 Å². The van der Waals surface area contributed by atoms with Gasteiger partial charge in [-0.2, -0.15) is 4.98 Å². The molecule has 0 aliphatic carbocycles. The first-order chi connectivity index (χ1) is 12.0. The van der Waals surface area contributed by atoms with Crippen molar-refractivity contribution in [2.75, 3.05) is 12.4 Å². The zero-order chi connectivity index (χ0) is 17.8. The van der Waals surface area contributed by atoms with Crippen molar-refractivity contribution in [1.29, 1.82) is 0 Å². The lowest BCUT2D eigenvalue weighted by Gasteiger charge is -2.04. The summed E-state index contributed by atoms with van der Waals surface area (Å²) in [5.74, 6) is 2.04. The van der Waals surface area contributed by atoms with E-state index in [4.69, 9.17) is 4.74 Å². The van der Waals surface area contributed by atoms with E-state index in [1.807, 2.05) is 19.9 Å². The quantitative estimate of drug-likeness (QED) is 0.277. The molecule has 1 aromatic carbocycles. The number of non-ortho nitro benzene ring substituents is 1. The number of hydrogen-bond acceptors (Lipinski definition) is 7. The Balaban J connectivity index is 1.47.